The van der Waals surface area contributed by atoms with Crippen molar-refractivity contribution in [2.24, 2.45) is 11.5 Å². The lowest BCUT2D eigenvalue weighted by atomic mass is 10.1. The Kier molecular flexibility index (Phi) is 3.23. The summed E-state index contributed by atoms with van der Waals surface area (Å²) in [6.45, 7) is 1.94. The second-order valence-corrected chi connectivity index (χ2v) is 3.20. The Morgan fingerprint density at radius 3 is 1.93 bits per heavy atom. The Morgan fingerprint density at radius 1 is 1.07 bits per heavy atom. The molecule has 0 unspecified atom stereocenters. The Balaban J connectivity index is 3.08. The Labute approximate surface area is 87.6 Å². The Hall–Kier alpha value is -2.10. The predicted octanol–water partition coefficient (Wildman–Crippen LogP) is 0.349. The summed E-state index contributed by atoms with van der Waals surface area (Å²) in [6.07, 6.45) is 1.38. The molecular weight excluding hydrogens is 192 g/mol. The SMILES string of the molecule is Cc1ccc(C=C(C(N)=O)C(N)=O)cc1. The summed E-state index contributed by atoms with van der Waals surface area (Å²) in [6, 6.07) is 7.29. The van der Waals surface area contributed by atoms with E-state index in [-0.39, 0.29) is 5.57 Å². The molecule has 4 N–H and O–H groups in total. The lowest BCUT2D eigenvalue weighted by molar-refractivity contribution is -0.120. The van der Waals surface area contributed by atoms with Gasteiger partial charge in [-0.3, -0.25) is 9.59 Å². The van der Waals surface area contributed by atoms with Crippen LogP contribution in [0.15, 0.2) is 29.8 Å². The van der Waals surface area contributed by atoms with Gasteiger partial charge in [0.15, 0.2) is 0 Å². The van der Waals surface area contributed by atoms with E-state index in [2.05, 4.69) is 0 Å². The number of aryl methyl sites for hydroxylation is 1. The minimum atomic E-state index is -0.817. The van der Waals surface area contributed by atoms with Crippen LogP contribution in [-0.2, 0) is 9.59 Å². The fourth-order valence-electron chi connectivity index (χ4n) is 1.09. The highest BCUT2D eigenvalue weighted by molar-refractivity contribution is 6.20. The topological polar surface area (TPSA) is 86.2 Å². The molecule has 2 amide bonds. The smallest absolute Gasteiger partial charge is 0.254 e. The molecule has 1 aromatic rings. The van der Waals surface area contributed by atoms with Crippen molar-refractivity contribution in [1.29, 1.82) is 0 Å². The van der Waals surface area contributed by atoms with Crippen LogP contribution in [-0.4, -0.2) is 11.8 Å². The van der Waals surface area contributed by atoms with Crippen molar-refractivity contribution in [1.82, 2.24) is 0 Å². The van der Waals surface area contributed by atoms with Gasteiger partial charge in [-0.15, -0.1) is 0 Å². The van der Waals surface area contributed by atoms with Crippen molar-refractivity contribution in [3.63, 3.8) is 0 Å². The van der Waals surface area contributed by atoms with Gasteiger partial charge in [-0.2, -0.15) is 0 Å². The molecular formula is C11H12N2O2. The minimum Gasteiger partial charge on any atom is -0.365 e. The van der Waals surface area contributed by atoms with Crippen molar-refractivity contribution >= 4 is 17.9 Å². The van der Waals surface area contributed by atoms with Crippen molar-refractivity contribution in [2.45, 2.75) is 6.92 Å². The molecule has 0 spiro atoms. The first kappa shape index (κ1) is 11.0. The zero-order valence-electron chi connectivity index (χ0n) is 8.36. The molecule has 0 saturated carbocycles. The summed E-state index contributed by atoms with van der Waals surface area (Å²) in [5.41, 5.74) is 11.6. The molecule has 0 bridgehead atoms. The first-order chi connectivity index (χ1) is 7.00. The lowest BCUT2D eigenvalue weighted by Gasteiger charge is -1.99. The summed E-state index contributed by atoms with van der Waals surface area (Å²) < 4.78 is 0. The molecule has 0 atom stereocenters. The predicted molar refractivity (Wildman–Crippen MR) is 57.5 cm³/mol. The second-order valence-electron chi connectivity index (χ2n) is 3.20. The van der Waals surface area contributed by atoms with Crippen molar-refractivity contribution in [3.05, 3.63) is 41.0 Å². The van der Waals surface area contributed by atoms with Crippen molar-refractivity contribution < 1.29 is 9.59 Å². The molecule has 0 aliphatic rings. The monoisotopic (exact) mass is 204 g/mol. The summed E-state index contributed by atoms with van der Waals surface area (Å²) in [5, 5.41) is 0. The van der Waals surface area contributed by atoms with E-state index in [1.54, 1.807) is 12.1 Å². The first-order valence-corrected chi connectivity index (χ1v) is 4.38. The van der Waals surface area contributed by atoms with Gasteiger partial charge in [-0.1, -0.05) is 29.8 Å². The summed E-state index contributed by atoms with van der Waals surface area (Å²) in [5.74, 6) is -1.63. The maximum Gasteiger partial charge on any atom is 0.254 e. The van der Waals surface area contributed by atoms with E-state index in [0.717, 1.165) is 5.56 Å². The summed E-state index contributed by atoms with van der Waals surface area (Å²) in [7, 11) is 0. The molecule has 78 valence electrons. The highest BCUT2D eigenvalue weighted by Gasteiger charge is 2.10. The van der Waals surface area contributed by atoms with E-state index in [0.29, 0.717) is 5.56 Å². The number of hydrogen-bond donors (Lipinski definition) is 2. The maximum atomic E-state index is 10.9. The third kappa shape index (κ3) is 2.95. The van der Waals surface area contributed by atoms with E-state index in [1.165, 1.54) is 6.08 Å². The molecule has 4 nitrogen and oxygen atoms in total. The number of nitrogens with two attached hydrogens (primary N) is 2. The molecule has 4 heteroatoms. The van der Waals surface area contributed by atoms with E-state index in [4.69, 9.17) is 11.5 Å². The van der Waals surface area contributed by atoms with Gasteiger partial charge in [0.2, 0.25) is 0 Å². The van der Waals surface area contributed by atoms with Crippen LogP contribution in [0.25, 0.3) is 6.08 Å². The van der Waals surface area contributed by atoms with Gasteiger partial charge in [0.25, 0.3) is 11.8 Å². The van der Waals surface area contributed by atoms with Gasteiger partial charge < -0.3 is 11.5 Å². The zero-order chi connectivity index (χ0) is 11.4. The molecule has 0 aliphatic heterocycles. The Bertz CT molecular complexity index is 403. The van der Waals surface area contributed by atoms with Gasteiger partial charge in [0, 0.05) is 0 Å². The fraction of sp³-hybridized carbons (Fsp3) is 0.0909. The van der Waals surface area contributed by atoms with E-state index in [1.807, 2.05) is 19.1 Å². The fourth-order valence-corrected chi connectivity index (χ4v) is 1.09. The van der Waals surface area contributed by atoms with Crippen LogP contribution in [0.4, 0.5) is 0 Å². The number of primary amides is 2. The summed E-state index contributed by atoms with van der Waals surface area (Å²) in [4.78, 5) is 21.7. The van der Waals surface area contributed by atoms with Gasteiger partial charge in [-0.05, 0) is 18.6 Å². The van der Waals surface area contributed by atoms with Gasteiger partial charge in [-0.25, -0.2) is 0 Å². The van der Waals surface area contributed by atoms with Crippen molar-refractivity contribution in [2.75, 3.05) is 0 Å². The zero-order valence-corrected chi connectivity index (χ0v) is 8.36. The van der Waals surface area contributed by atoms with Crippen LogP contribution in [0.5, 0.6) is 0 Å². The second kappa shape index (κ2) is 4.41. The molecule has 0 aliphatic carbocycles. The van der Waals surface area contributed by atoms with Crippen LogP contribution in [0.1, 0.15) is 11.1 Å². The largest absolute Gasteiger partial charge is 0.365 e. The third-order valence-electron chi connectivity index (χ3n) is 1.92. The molecule has 15 heavy (non-hydrogen) atoms. The molecule has 1 aromatic carbocycles. The standard InChI is InChI=1S/C11H12N2O2/c1-7-2-4-8(5-3-7)6-9(10(12)14)11(13)15/h2-6H,1H3,(H2,12,14)(H2,13,15). The third-order valence-corrected chi connectivity index (χ3v) is 1.92. The molecule has 0 heterocycles. The van der Waals surface area contributed by atoms with Crippen LogP contribution < -0.4 is 11.5 Å². The normalized spacial score (nSPS) is 9.40. The highest BCUT2D eigenvalue weighted by atomic mass is 16.2. The van der Waals surface area contributed by atoms with Gasteiger partial charge in [0.1, 0.15) is 5.57 Å². The molecule has 0 radical (unpaired) electrons. The average molecular weight is 204 g/mol. The quantitative estimate of drug-likeness (QED) is 0.423. The highest BCUT2D eigenvalue weighted by Crippen LogP contribution is 2.08. The molecule has 0 fully saturated rings. The van der Waals surface area contributed by atoms with Crippen LogP contribution in [0.3, 0.4) is 0 Å². The molecule has 1 rings (SSSR count). The van der Waals surface area contributed by atoms with Gasteiger partial charge >= 0.3 is 0 Å². The first-order valence-electron chi connectivity index (χ1n) is 4.38. The van der Waals surface area contributed by atoms with Crippen LogP contribution >= 0.6 is 0 Å². The van der Waals surface area contributed by atoms with E-state index in [9.17, 15) is 9.59 Å². The van der Waals surface area contributed by atoms with Crippen LogP contribution in [0, 0.1) is 6.92 Å². The number of benzene rings is 1. The van der Waals surface area contributed by atoms with Crippen LogP contribution in [0.2, 0.25) is 0 Å². The number of amides is 2. The van der Waals surface area contributed by atoms with Crippen molar-refractivity contribution in [3.8, 4) is 0 Å². The number of carbonyl (C=O) groups is 2. The molecule has 0 saturated heterocycles. The minimum absolute atomic E-state index is 0.196. The number of rotatable bonds is 3. The average Bonchev–Trinajstić information content (AvgIpc) is 2.15. The van der Waals surface area contributed by atoms with E-state index >= 15 is 0 Å². The van der Waals surface area contributed by atoms with E-state index < -0.39 is 11.8 Å². The van der Waals surface area contributed by atoms with Gasteiger partial charge in [0.05, 0.1) is 0 Å². The number of hydrogen-bond acceptors (Lipinski definition) is 2. The Morgan fingerprint density at radius 2 is 1.53 bits per heavy atom. The summed E-state index contributed by atoms with van der Waals surface area (Å²) >= 11 is 0. The molecule has 0 aromatic heterocycles. The number of carbonyl (C=O) groups excluding carboxylic acids is 2. The maximum absolute atomic E-state index is 10.9. The lowest BCUT2D eigenvalue weighted by Crippen LogP contribution is -2.25.